The van der Waals surface area contributed by atoms with E-state index in [1.165, 1.54) is 6.07 Å². The number of benzene rings is 1. The van der Waals surface area contributed by atoms with Gasteiger partial charge in [-0.15, -0.1) is 0 Å². The highest BCUT2D eigenvalue weighted by atomic mass is 79.9. The summed E-state index contributed by atoms with van der Waals surface area (Å²) >= 11 is 3.22. The van der Waals surface area contributed by atoms with E-state index < -0.39 is 0 Å². The Morgan fingerprint density at radius 3 is 2.60 bits per heavy atom. The molecule has 0 fully saturated rings. The lowest BCUT2D eigenvalue weighted by atomic mass is 10.2. The fraction of sp³-hybridized carbons (Fsp3) is 0.182. The van der Waals surface area contributed by atoms with Crippen molar-refractivity contribution in [2.45, 2.75) is 13.8 Å². The topological polar surface area (TPSA) is 17.8 Å². The quantitative estimate of drug-likeness (QED) is 0.775. The minimum absolute atomic E-state index is 0.282. The molecule has 1 aromatic carbocycles. The molecular formula is C11H10BrFN2. The largest absolute Gasteiger partial charge is 0.235 e. The first-order chi connectivity index (χ1) is 7.09. The number of nitrogens with zero attached hydrogens (tertiary/aromatic N) is 2. The van der Waals surface area contributed by atoms with Crippen LogP contribution in [0.1, 0.15) is 11.3 Å². The second-order valence-electron chi connectivity index (χ2n) is 3.42. The summed E-state index contributed by atoms with van der Waals surface area (Å²) in [5.74, 6) is -0.282. The Labute approximate surface area is 95.9 Å². The van der Waals surface area contributed by atoms with Gasteiger partial charge in [0.25, 0.3) is 0 Å². The molecule has 0 aliphatic carbocycles. The molecule has 4 heteroatoms. The number of hydrogen-bond donors (Lipinski definition) is 0. The molecule has 0 unspecified atom stereocenters. The van der Waals surface area contributed by atoms with Crippen LogP contribution in [-0.2, 0) is 0 Å². The van der Waals surface area contributed by atoms with E-state index in [0.29, 0.717) is 5.69 Å². The van der Waals surface area contributed by atoms with Crippen molar-refractivity contribution in [2.75, 3.05) is 0 Å². The molecule has 0 spiro atoms. The lowest BCUT2D eigenvalue weighted by molar-refractivity contribution is 0.607. The van der Waals surface area contributed by atoms with E-state index in [-0.39, 0.29) is 5.82 Å². The Hall–Kier alpha value is -1.16. The summed E-state index contributed by atoms with van der Waals surface area (Å²) in [5, 5.41) is 4.14. The third-order valence-electron chi connectivity index (χ3n) is 2.39. The lowest BCUT2D eigenvalue weighted by Crippen LogP contribution is -2.01. The first-order valence-corrected chi connectivity index (χ1v) is 5.35. The molecule has 0 aliphatic heterocycles. The fourth-order valence-electron chi connectivity index (χ4n) is 1.39. The van der Waals surface area contributed by atoms with E-state index >= 15 is 0 Å². The molecule has 15 heavy (non-hydrogen) atoms. The van der Waals surface area contributed by atoms with Gasteiger partial charge in [0.2, 0.25) is 0 Å². The van der Waals surface area contributed by atoms with Gasteiger partial charge in [-0.25, -0.2) is 9.07 Å². The summed E-state index contributed by atoms with van der Waals surface area (Å²) in [4.78, 5) is 0. The molecule has 0 N–H and O–H groups in total. The smallest absolute Gasteiger partial charge is 0.149 e. The maximum atomic E-state index is 13.6. The highest BCUT2D eigenvalue weighted by Crippen LogP contribution is 2.20. The van der Waals surface area contributed by atoms with Gasteiger partial charge in [-0.2, -0.15) is 5.10 Å². The Bertz CT molecular complexity index is 505. The second-order valence-corrected chi connectivity index (χ2v) is 4.34. The van der Waals surface area contributed by atoms with Gasteiger partial charge in [-0.3, -0.25) is 0 Å². The molecule has 1 heterocycles. The number of aromatic nitrogens is 2. The van der Waals surface area contributed by atoms with Crippen LogP contribution in [0.4, 0.5) is 4.39 Å². The van der Waals surface area contributed by atoms with Crippen molar-refractivity contribution in [3.05, 3.63) is 45.9 Å². The number of hydrogen-bond acceptors (Lipinski definition) is 1. The van der Waals surface area contributed by atoms with Crippen LogP contribution in [0.15, 0.2) is 28.9 Å². The maximum Gasteiger partial charge on any atom is 0.149 e. The van der Waals surface area contributed by atoms with Gasteiger partial charge in [-0.1, -0.05) is 15.9 Å². The van der Waals surface area contributed by atoms with Crippen LogP contribution in [-0.4, -0.2) is 9.78 Å². The van der Waals surface area contributed by atoms with Crippen molar-refractivity contribution >= 4 is 15.9 Å². The van der Waals surface area contributed by atoms with E-state index in [2.05, 4.69) is 21.0 Å². The summed E-state index contributed by atoms with van der Waals surface area (Å²) in [6, 6.07) is 4.94. The van der Waals surface area contributed by atoms with E-state index in [4.69, 9.17) is 0 Å². The SMILES string of the molecule is Cc1cnn(-c2ccc(Br)cc2F)c1C. The maximum absolute atomic E-state index is 13.6. The second kappa shape index (κ2) is 3.77. The molecule has 2 rings (SSSR count). The van der Waals surface area contributed by atoms with E-state index in [0.717, 1.165) is 15.7 Å². The fourth-order valence-corrected chi connectivity index (χ4v) is 1.72. The van der Waals surface area contributed by atoms with E-state index in [9.17, 15) is 4.39 Å². The summed E-state index contributed by atoms with van der Waals surface area (Å²) in [6.45, 7) is 3.87. The standard InChI is InChI=1S/C11H10BrFN2/c1-7-6-14-15(8(7)2)11-4-3-9(12)5-10(11)13/h3-6H,1-2H3. The van der Waals surface area contributed by atoms with Crippen LogP contribution in [0.3, 0.4) is 0 Å². The molecule has 0 atom stereocenters. The summed E-state index contributed by atoms with van der Waals surface area (Å²) in [7, 11) is 0. The van der Waals surface area contributed by atoms with Crippen molar-refractivity contribution in [1.29, 1.82) is 0 Å². The molecule has 0 saturated heterocycles. The molecule has 1 aromatic heterocycles. The third kappa shape index (κ3) is 1.81. The highest BCUT2D eigenvalue weighted by molar-refractivity contribution is 9.10. The van der Waals surface area contributed by atoms with Crippen LogP contribution in [0.5, 0.6) is 0 Å². The zero-order valence-electron chi connectivity index (χ0n) is 8.46. The van der Waals surface area contributed by atoms with Gasteiger partial charge in [0.05, 0.1) is 6.20 Å². The van der Waals surface area contributed by atoms with Crippen LogP contribution < -0.4 is 0 Å². The molecule has 0 saturated carbocycles. The van der Waals surface area contributed by atoms with Gasteiger partial charge >= 0.3 is 0 Å². The average Bonchev–Trinajstić information content (AvgIpc) is 2.49. The first-order valence-electron chi connectivity index (χ1n) is 4.56. The Morgan fingerprint density at radius 1 is 1.33 bits per heavy atom. The molecule has 78 valence electrons. The summed E-state index contributed by atoms with van der Waals surface area (Å²) in [5.41, 5.74) is 2.48. The molecule has 2 aromatic rings. The molecule has 0 amide bonds. The molecular weight excluding hydrogens is 259 g/mol. The van der Waals surface area contributed by atoms with Crippen LogP contribution >= 0.6 is 15.9 Å². The molecule has 2 nitrogen and oxygen atoms in total. The molecule has 0 aliphatic rings. The number of rotatable bonds is 1. The van der Waals surface area contributed by atoms with Crippen molar-refractivity contribution < 1.29 is 4.39 Å². The van der Waals surface area contributed by atoms with E-state index in [1.807, 2.05) is 13.8 Å². The van der Waals surface area contributed by atoms with Crippen LogP contribution in [0.25, 0.3) is 5.69 Å². The normalized spacial score (nSPS) is 10.7. The Balaban J connectivity index is 2.59. The predicted molar refractivity (Wildman–Crippen MR) is 60.7 cm³/mol. The molecule has 0 radical (unpaired) electrons. The highest BCUT2D eigenvalue weighted by Gasteiger charge is 2.09. The monoisotopic (exact) mass is 268 g/mol. The number of aryl methyl sites for hydroxylation is 1. The Morgan fingerprint density at radius 2 is 2.07 bits per heavy atom. The third-order valence-corrected chi connectivity index (χ3v) is 2.89. The Kier molecular flexibility index (Phi) is 2.61. The zero-order valence-corrected chi connectivity index (χ0v) is 10.0. The van der Waals surface area contributed by atoms with Gasteiger partial charge in [0.1, 0.15) is 11.5 Å². The van der Waals surface area contributed by atoms with Crippen molar-refractivity contribution in [3.63, 3.8) is 0 Å². The summed E-state index contributed by atoms with van der Waals surface area (Å²) in [6.07, 6.45) is 1.73. The van der Waals surface area contributed by atoms with Crippen molar-refractivity contribution in [2.24, 2.45) is 0 Å². The predicted octanol–water partition coefficient (Wildman–Crippen LogP) is 3.39. The number of halogens is 2. The van der Waals surface area contributed by atoms with Crippen molar-refractivity contribution in [1.82, 2.24) is 9.78 Å². The molecule has 0 bridgehead atoms. The zero-order chi connectivity index (χ0) is 11.0. The summed E-state index contributed by atoms with van der Waals surface area (Å²) < 4.78 is 16.0. The van der Waals surface area contributed by atoms with Crippen LogP contribution in [0.2, 0.25) is 0 Å². The lowest BCUT2D eigenvalue weighted by Gasteiger charge is -2.06. The minimum atomic E-state index is -0.282. The van der Waals surface area contributed by atoms with E-state index in [1.54, 1.807) is 23.0 Å². The van der Waals surface area contributed by atoms with Gasteiger partial charge < -0.3 is 0 Å². The average molecular weight is 269 g/mol. The van der Waals surface area contributed by atoms with Crippen molar-refractivity contribution in [3.8, 4) is 5.69 Å². The first kappa shape index (κ1) is 10.4. The van der Waals surface area contributed by atoms with Gasteiger partial charge in [-0.05, 0) is 37.6 Å². The minimum Gasteiger partial charge on any atom is -0.235 e. The van der Waals surface area contributed by atoms with Gasteiger partial charge in [0, 0.05) is 10.2 Å². The van der Waals surface area contributed by atoms with Crippen LogP contribution in [0, 0.1) is 19.7 Å². The van der Waals surface area contributed by atoms with Gasteiger partial charge in [0.15, 0.2) is 0 Å².